The molecule has 1 nitrogen and oxygen atoms in total. The van der Waals surface area contributed by atoms with Gasteiger partial charge in [-0.15, -0.1) is 0 Å². The van der Waals surface area contributed by atoms with Gasteiger partial charge >= 0.3 is 0 Å². The van der Waals surface area contributed by atoms with Crippen molar-refractivity contribution in [1.29, 1.82) is 0 Å². The third-order valence-corrected chi connectivity index (χ3v) is 5.61. The first kappa shape index (κ1) is 15.3. The molecule has 0 amide bonds. The van der Waals surface area contributed by atoms with Crippen LogP contribution in [0.15, 0.2) is 18.2 Å². The van der Waals surface area contributed by atoms with E-state index in [1.165, 1.54) is 19.3 Å². The average Bonchev–Trinajstić information content (AvgIpc) is 2.29. The molecule has 2 fully saturated rings. The zero-order valence-corrected chi connectivity index (χ0v) is 14.0. The van der Waals surface area contributed by atoms with E-state index in [0.717, 1.165) is 24.9 Å². The molecule has 0 atom stereocenters. The van der Waals surface area contributed by atoms with E-state index >= 15 is 0 Å². The summed E-state index contributed by atoms with van der Waals surface area (Å²) in [6, 6.07) is 5.45. The molecule has 21 heavy (non-hydrogen) atoms. The minimum absolute atomic E-state index is 0.0460. The number of nitrogens with one attached hydrogen (secondary N) is 1. The molecular weight excluding hydrogens is 285 g/mol. The molecular formula is C18H25ClFN. The van der Waals surface area contributed by atoms with Gasteiger partial charge in [-0.2, -0.15) is 0 Å². The Morgan fingerprint density at radius 3 is 2.43 bits per heavy atom. The van der Waals surface area contributed by atoms with Crippen molar-refractivity contribution in [3.05, 3.63) is 34.6 Å². The van der Waals surface area contributed by atoms with Gasteiger partial charge in [-0.1, -0.05) is 30.2 Å². The van der Waals surface area contributed by atoms with Crippen LogP contribution in [0.25, 0.3) is 0 Å². The molecule has 0 saturated heterocycles. The Morgan fingerprint density at radius 1 is 1.24 bits per heavy atom. The maximum atomic E-state index is 14.6. The standard InChI is InChI=1S/C18H25ClFN/c1-16(2,3)21-12-18(10-17(11-18)8-5-9-17)13-6-4-7-14(19)15(13)20/h4,6-7,21H,5,8-12H2,1-3H3. The average molecular weight is 310 g/mol. The lowest BCUT2D eigenvalue weighted by atomic mass is 9.43. The Kier molecular flexibility index (Phi) is 3.61. The van der Waals surface area contributed by atoms with Crippen LogP contribution in [0.3, 0.4) is 0 Å². The maximum absolute atomic E-state index is 14.6. The summed E-state index contributed by atoms with van der Waals surface area (Å²) < 4.78 is 14.6. The molecule has 0 aromatic heterocycles. The van der Waals surface area contributed by atoms with Crippen LogP contribution in [0.2, 0.25) is 5.02 Å². The molecule has 0 radical (unpaired) electrons. The van der Waals surface area contributed by atoms with Crippen molar-refractivity contribution >= 4 is 11.6 Å². The zero-order valence-electron chi connectivity index (χ0n) is 13.2. The summed E-state index contributed by atoms with van der Waals surface area (Å²) in [5.41, 5.74) is 1.27. The Morgan fingerprint density at radius 2 is 1.90 bits per heavy atom. The van der Waals surface area contributed by atoms with E-state index in [4.69, 9.17) is 11.6 Å². The van der Waals surface area contributed by atoms with Gasteiger partial charge in [0.2, 0.25) is 0 Å². The van der Waals surface area contributed by atoms with Crippen molar-refractivity contribution < 1.29 is 4.39 Å². The van der Waals surface area contributed by atoms with Gasteiger partial charge in [0, 0.05) is 17.5 Å². The molecule has 0 unspecified atom stereocenters. The molecule has 3 rings (SSSR count). The summed E-state index contributed by atoms with van der Waals surface area (Å²) in [4.78, 5) is 0. The largest absolute Gasteiger partial charge is 0.311 e. The van der Waals surface area contributed by atoms with E-state index in [1.54, 1.807) is 6.07 Å². The summed E-state index contributed by atoms with van der Waals surface area (Å²) in [6.45, 7) is 7.31. The topological polar surface area (TPSA) is 12.0 Å². The second kappa shape index (κ2) is 4.96. The zero-order chi connectivity index (χ0) is 15.3. The first-order chi connectivity index (χ1) is 9.75. The van der Waals surface area contributed by atoms with E-state index in [-0.39, 0.29) is 21.8 Å². The van der Waals surface area contributed by atoms with Gasteiger partial charge in [-0.25, -0.2) is 4.39 Å². The molecule has 2 aliphatic carbocycles. The van der Waals surface area contributed by atoms with Crippen molar-refractivity contribution in [2.45, 2.75) is 63.8 Å². The third kappa shape index (κ3) is 2.73. The van der Waals surface area contributed by atoms with Gasteiger partial charge < -0.3 is 5.32 Å². The van der Waals surface area contributed by atoms with Crippen molar-refractivity contribution in [2.24, 2.45) is 5.41 Å². The van der Waals surface area contributed by atoms with Gasteiger partial charge in [0.15, 0.2) is 0 Å². The van der Waals surface area contributed by atoms with Crippen LogP contribution in [0.1, 0.15) is 58.4 Å². The number of hydrogen-bond donors (Lipinski definition) is 1. The lowest BCUT2D eigenvalue weighted by Gasteiger charge is -2.62. The third-order valence-electron chi connectivity index (χ3n) is 5.32. The van der Waals surface area contributed by atoms with Crippen LogP contribution in [0, 0.1) is 11.2 Å². The SMILES string of the molecule is CC(C)(C)NCC1(c2cccc(Cl)c2F)CC2(CCC2)C1. The predicted molar refractivity (Wildman–Crippen MR) is 86.4 cm³/mol. The van der Waals surface area contributed by atoms with Gasteiger partial charge in [-0.3, -0.25) is 0 Å². The van der Waals surface area contributed by atoms with E-state index in [0.29, 0.717) is 5.41 Å². The van der Waals surface area contributed by atoms with Crippen LogP contribution in [-0.2, 0) is 5.41 Å². The summed E-state index contributed by atoms with van der Waals surface area (Å²) in [5, 5.41) is 3.83. The predicted octanol–water partition coefficient (Wildman–Crippen LogP) is 5.07. The molecule has 2 aliphatic rings. The summed E-state index contributed by atoms with van der Waals surface area (Å²) in [7, 11) is 0. The fourth-order valence-electron chi connectivity index (χ4n) is 4.17. The smallest absolute Gasteiger partial charge is 0.145 e. The number of benzene rings is 1. The fourth-order valence-corrected chi connectivity index (χ4v) is 4.35. The molecule has 1 aromatic rings. The highest BCUT2D eigenvalue weighted by Gasteiger charge is 2.58. The van der Waals surface area contributed by atoms with E-state index in [1.807, 2.05) is 12.1 Å². The second-order valence-corrected chi connectivity index (χ2v) is 8.60. The first-order valence-electron chi connectivity index (χ1n) is 7.95. The van der Waals surface area contributed by atoms with Crippen molar-refractivity contribution in [3.8, 4) is 0 Å². The molecule has 0 bridgehead atoms. The molecule has 0 heterocycles. The molecule has 1 aromatic carbocycles. The van der Waals surface area contributed by atoms with E-state index < -0.39 is 0 Å². The minimum Gasteiger partial charge on any atom is -0.311 e. The number of hydrogen-bond acceptors (Lipinski definition) is 1. The lowest BCUT2D eigenvalue weighted by Crippen LogP contribution is -2.59. The minimum atomic E-state index is -0.218. The maximum Gasteiger partial charge on any atom is 0.145 e. The second-order valence-electron chi connectivity index (χ2n) is 8.19. The normalized spacial score (nSPS) is 22.7. The Bertz CT molecular complexity index is 535. The monoisotopic (exact) mass is 309 g/mol. The highest BCUT2D eigenvalue weighted by molar-refractivity contribution is 6.30. The molecule has 0 aliphatic heterocycles. The Labute approximate surface area is 132 Å². The molecule has 116 valence electrons. The van der Waals surface area contributed by atoms with E-state index in [9.17, 15) is 4.39 Å². The van der Waals surface area contributed by atoms with Crippen LogP contribution in [-0.4, -0.2) is 12.1 Å². The molecule has 3 heteroatoms. The van der Waals surface area contributed by atoms with Crippen LogP contribution >= 0.6 is 11.6 Å². The van der Waals surface area contributed by atoms with Crippen molar-refractivity contribution in [1.82, 2.24) is 5.32 Å². The molecule has 1 spiro atoms. The van der Waals surface area contributed by atoms with Crippen LogP contribution in [0.5, 0.6) is 0 Å². The summed E-state index contributed by atoms with van der Waals surface area (Å²) in [5.74, 6) is -0.218. The van der Waals surface area contributed by atoms with Gasteiger partial charge in [0.1, 0.15) is 5.82 Å². The molecule has 2 saturated carbocycles. The van der Waals surface area contributed by atoms with Gasteiger partial charge in [-0.05, 0) is 63.5 Å². The number of halogens is 2. The lowest BCUT2D eigenvalue weighted by molar-refractivity contribution is -0.0517. The van der Waals surface area contributed by atoms with Crippen molar-refractivity contribution in [3.63, 3.8) is 0 Å². The van der Waals surface area contributed by atoms with Crippen molar-refractivity contribution in [2.75, 3.05) is 6.54 Å². The van der Waals surface area contributed by atoms with Gasteiger partial charge in [0.05, 0.1) is 5.02 Å². The summed E-state index contributed by atoms with van der Waals surface area (Å²) in [6.07, 6.45) is 6.15. The quantitative estimate of drug-likeness (QED) is 0.822. The van der Waals surface area contributed by atoms with E-state index in [2.05, 4.69) is 26.1 Å². The highest BCUT2D eigenvalue weighted by Crippen LogP contribution is 2.65. The Hall–Kier alpha value is -0.600. The number of rotatable bonds is 3. The first-order valence-corrected chi connectivity index (χ1v) is 8.33. The molecule has 1 N–H and O–H groups in total. The fraction of sp³-hybridized carbons (Fsp3) is 0.667. The summed E-state index contributed by atoms with van der Waals surface area (Å²) >= 11 is 6.01. The van der Waals surface area contributed by atoms with Crippen LogP contribution < -0.4 is 5.32 Å². The highest BCUT2D eigenvalue weighted by atomic mass is 35.5. The Balaban J connectivity index is 1.88. The van der Waals surface area contributed by atoms with Crippen LogP contribution in [0.4, 0.5) is 4.39 Å². The van der Waals surface area contributed by atoms with Gasteiger partial charge in [0.25, 0.3) is 0 Å².